The Morgan fingerprint density at radius 1 is 0.411 bits per heavy atom. The summed E-state index contributed by atoms with van der Waals surface area (Å²) in [5.74, 6) is 0.820. The normalized spacial score (nSPS) is 12.7. The Morgan fingerprint density at radius 3 is 1.86 bits per heavy atom. The summed E-state index contributed by atoms with van der Waals surface area (Å²) in [6.45, 7) is 6.83. The Morgan fingerprint density at radius 2 is 1.05 bits per heavy atom. The van der Waals surface area contributed by atoms with Gasteiger partial charge in [0.1, 0.15) is 22.3 Å². The number of rotatable bonds is 6. The molecule has 2 heteroatoms. The number of hydrogen-bond acceptors (Lipinski definition) is 2. The fourth-order valence-corrected chi connectivity index (χ4v) is 9.16. The first-order valence-corrected chi connectivity index (χ1v) is 19.8. The summed E-state index contributed by atoms with van der Waals surface area (Å²) in [6.07, 6.45) is 0.937. The molecule has 0 fully saturated rings. The standard InChI is InChI=1S/C54H40O2/c1-32(2)34-15-21-38(22-16-34)46-31-41-10-5-7-13-44(41)53-52-45-14-8-11-40(42(45)25-28-50(52)56-54(46)53)29-33(3)35-17-19-36(20-18-35)39-24-26-48-47(30-39)51-43-12-6-4-9-37(43)23-27-49(51)55-48/h4-28,30-33H,29H2,1-3H3. The lowest BCUT2D eigenvalue weighted by Gasteiger charge is -2.15. The van der Waals surface area contributed by atoms with Crippen molar-refractivity contribution in [3.05, 3.63) is 180 Å². The van der Waals surface area contributed by atoms with E-state index in [0.717, 1.165) is 39.7 Å². The number of fused-ring (bicyclic) bond motifs is 12. The van der Waals surface area contributed by atoms with Crippen LogP contribution in [-0.2, 0) is 6.42 Å². The van der Waals surface area contributed by atoms with Crippen LogP contribution in [0.1, 0.15) is 49.3 Å². The molecule has 268 valence electrons. The van der Waals surface area contributed by atoms with E-state index in [9.17, 15) is 0 Å². The second kappa shape index (κ2) is 12.7. The van der Waals surface area contributed by atoms with Gasteiger partial charge in [-0.15, -0.1) is 0 Å². The van der Waals surface area contributed by atoms with Crippen LogP contribution in [-0.4, -0.2) is 0 Å². The van der Waals surface area contributed by atoms with E-state index in [1.165, 1.54) is 81.9 Å². The van der Waals surface area contributed by atoms with Gasteiger partial charge in [-0.1, -0.05) is 154 Å². The zero-order valence-corrected chi connectivity index (χ0v) is 31.8. The lowest BCUT2D eigenvalue weighted by molar-refractivity contribution is 0.669. The number of benzene rings is 9. The summed E-state index contributed by atoms with van der Waals surface area (Å²) in [5.41, 5.74) is 12.5. The molecule has 11 aromatic rings. The van der Waals surface area contributed by atoms with Gasteiger partial charge in [0.2, 0.25) is 0 Å². The van der Waals surface area contributed by atoms with Gasteiger partial charge in [-0.25, -0.2) is 0 Å². The Kier molecular flexibility index (Phi) is 7.44. The lowest BCUT2D eigenvalue weighted by Crippen LogP contribution is -1.99. The third-order valence-electron chi connectivity index (χ3n) is 12.2. The van der Waals surface area contributed by atoms with Gasteiger partial charge in [-0.05, 0) is 114 Å². The molecular weight excluding hydrogens is 681 g/mol. The SMILES string of the molecule is CC(C)c1ccc(-c2cc3ccccc3c3c2oc2ccc4c(CC(C)c5ccc(-c6ccc7oc8ccc9ccccc9c8c7c6)cc5)cccc4c23)cc1. The average molecular weight is 721 g/mol. The van der Waals surface area contributed by atoms with Crippen LogP contribution in [0.15, 0.2) is 173 Å². The first kappa shape index (κ1) is 32.8. The van der Waals surface area contributed by atoms with Gasteiger partial charge < -0.3 is 8.83 Å². The Bertz CT molecular complexity index is 3300. The molecule has 0 bridgehead atoms. The minimum atomic E-state index is 0.333. The van der Waals surface area contributed by atoms with Gasteiger partial charge in [0.05, 0.1) is 0 Å². The van der Waals surface area contributed by atoms with Crippen LogP contribution in [0.2, 0.25) is 0 Å². The summed E-state index contributed by atoms with van der Waals surface area (Å²) < 4.78 is 13.1. The number of furan rings is 2. The van der Waals surface area contributed by atoms with Crippen LogP contribution in [0.3, 0.4) is 0 Å². The molecule has 1 atom stereocenters. The largest absolute Gasteiger partial charge is 0.456 e. The van der Waals surface area contributed by atoms with Crippen molar-refractivity contribution in [1.29, 1.82) is 0 Å². The van der Waals surface area contributed by atoms with Gasteiger partial charge in [0.25, 0.3) is 0 Å². The quantitative estimate of drug-likeness (QED) is 0.171. The van der Waals surface area contributed by atoms with E-state index in [4.69, 9.17) is 8.83 Å². The highest BCUT2D eigenvalue weighted by molar-refractivity contribution is 6.29. The fourth-order valence-electron chi connectivity index (χ4n) is 9.16. The average Bonchev–Trinajstić information content (AvgIpc) is 3.83. The zero-order chi connectivity index (χ0) is 37.5. The maximum absolute atomic E-state index is 6.82. The Balaban J connectivity index is 0.958. The van der Waals surface area contributed by atoms with Crippen LogP contribution in [0.4, 0.5) is 0 Å². The summed E-state index contributed by atoms with van der Waals surface area (Å²) in [4.78, 5) is 0. The molecule has 0 N–H and O–H groups in total. The topological polar surface area (TPSA) is 26.3 Å². The third-order valence-corrected chi connectivity index (χ3v) is 12.2. The Hall–Kier alpha value is -6.64. The summed E-state index contributed by atoms with van der Waals surface area (Å²) in [7, 11) is 0. The van der Waals surface area contributed by atoms with Crippen molar-refractivity contribution in [2.24, 2.45) is 0 Å². The second-order valence-electron chi connectivity index (χ2n) is 15.9. The minimum Gasteiger partial charge on any atom is -0.456 e. The van der Waals surface area contributed by atoms with Crippen LogP contribution >= 0.6 is 0 Å². The van der Waals surface area contributed by atoms with Gasteiger partial charge in [-0.3, -0.25) is 0 Å². The maximum Gasteiger partial charge on any atom is 0.143 e. The number of hydrogen-bond donors (Lipinski definition) is 0. The third kappa shape index (κ3) is 5.17. The second-order valence-corrected chi connectivity index (χ2v) is 15.9. The maximum atomic E-state index is 6.82. The molecule has 0 amide bonds. The van der Waals surface area contributed by atoms with Crippen molar-refractivity contribution in [3.8, 4) is 22.3 Å². The monoisotopic (exact) mass is 720 g/mol. The molecule has 0 aliphatic carbocycles. The molecule has 0 saturated carbocycles. The molecule has 2 aromatic heterocycles. The molecule has 2 heterocycles. The van der Waals surface area contributed by atoms with Gasteiger partial charge in [0, 0.05) is 27.1 Å². The fraction of sp³-hybridized carbons (Fsp3) is 0.111. The van der Waals surface area contributed by atoms with Crippen molar-refractivity contribution in [2.75, 3.05) is 0 Å². The predicted octanol–water partition coefficient (Wildman–Crippen LogP) is 15.7. The first-order valence-electron chi connectivity index (χ1n) is 19.8. The molecule has 1 unspecified atom stereocenters. The molecule has 0 radical (unpaired) electrons. The van der Waals surface area contributed by atoms with E-state index in [1.54, 1.807) is 0 Å². The highest BCUT2D eigenvalue weighted by atomic mass is 16.3. The highest BCUT2D eigenvalue weighted by Gasteiger charge is 2.20. The van der Waals surface area contributed by atoms with Crippen LogP contribution in [0.25, 0.3) is 98.4 Å². The lowest BCUT2D eigenvalue weighted by atomic mass is 9.89. The van der Waals surface area contributed by atoms with E-state index in [2.05, 4.69) is 185 Å². The van der Waals surface area contributed by atoms with Crippen LogP contribution in [0.5, 0.6) is 0 Å². The van der Waals surface area contributed by atoms with E-state index in [0.29, 0.717) is 11.8 Å². The van der Waals surface area contributed by atoms with E-state index < -0.39 is 0 Å². The zero-order valence-electron chi connectivity index (χ0n) is 31.8. The minimum absolute atomic E-state index is 0.333. The van der Waals surface area contributed by atoms with E-state index >= 15 is 0 Å². The molecule has 0 saturated heterocycles. The summed E-state index contributed by atoms with van der Waals surface area (Å²) in [5, 5.41) is 12.2. The molecule has 11 rings (SSSR count). The van der Waals surface area contributed by atoms with E-state index in [-0.39, 0.29) is 0 Å². The van der Waals surface area contributed by atoms with Crippen LogP contribution in [0, 0.1) is 0 Å². The molecular formula is C54H40O2. The van der Waals surface area contributed by atoms with Crippen molar-refractivity contribution < 1.29 is 8.83 Å². The summed E-state index contributed by atoms with van der Waals surface area (Å²) in [6, 6.07) is 59.8. The van der Waals surface area contributed by atoms with Crippen molar-refractivity contribution in [1.82, 2.24) is 0 Å². The van der Waals surface area contributed by atoms with Gasteiger partial charge in [-0.2, -0.15) is 0 Å². The highest BCUT2D eigenvalue weighted by Crippen LogP contribution is 2.44. The van der Waals surface area contributed by atoms with Gasteiger partial charge >= 0.3 is 0 Å². The molecule has 9 aromatic carbocycles. The predicted molar refractivity (Wildman–Crippen MR) is 237 cm³/mol. The summed E-state index contributed by atoms with van der Waals surface area (Å²) >= 11 is 0. The van der Waals surface area contributed by atoms with Crippen LogP contribution < -0.4 is 0 Å². The molecule has 0 aliphatic rings. The molecule has 0 spiro atoms. The van der Waals surface area contributed by atoms with Crippen molar-refractivity contribution >= 4 is 76.2 Å². The molecule has 2 nitrogen and oxygen atoms in total. The first-order chi connectivity index (χ1) is 27.5. The molecule has 56 heavy (non-hydrogen) atoms. The van der Waals surface area contributed by atoms with E-state index in [1.807, 2.05) is 0 Å². The Labute approximate surface area is 325 Å². The van der Waals surface area contributed by atoms with Crippen molar-refractivity contribution in [2.45, 2.75) is 39.0 Å². The van der Waals surface area contributed by atoms with Gasteiger partial charge in [0.15, 0.2) is 0 Å². The smallest absolute Gasteiger partial charge is 0.143 e. The van der Waals surface area contributed by atoms with Crippen molar-refractivity contribution in [3.63, 3.8) is 0 Å². The molecule has 0 aliphatic heterocycles.